The first-order valence-electron chi connectivity index (χ1n) is 22.3. The largest absolute Gasteiger partial charge is 0.461 e. The second-order valence-corrected chi connectivity index (χ2v) is 16.0. The second-order valence-electron chi connectivity index (χ2n) is 16.0. The van der Waals surface area contributed by atoms with Crippen LogP contribution >= 0.6 is 0 Å². The van der Waals surface area contributed by atoms with E-state index in [4.69, 9.17) is 25.0 Å². The van der Waals surface area contributed by atoms with Crippen molar-refractivity contribution in [3.8, 4) is 45.7 Å². The number of nitrogen functional groups attached to an aromatic ring is 2. The number of fused-ring (bicyclic) bond motifs is 2. The van der Waals surface area contributed by atoms with Crippen LogP contribution < -0.4 is 26.6 Å². The summed E-state index contributed by atoms with van der Waals surface area (Å²) in [6, 6.07) is 28.5. The van der Waals surface area contributed by atoms with Gasteiger partial charge < -0.3 is 45.1 Å². The first-order valence-corrected chi connectivity index (χ1v) is 22.3. The summed E-state index contributed by atoms with van der Waals surface area (Å²) in [6.45, 7) is 11.9. The lowest BCUT2D eigenvalue weighted by molar-refractivity contribution is 0.0867. The van der Waals surface area contributed by atoms with Crippen LogP contribution in [0.5, 0.6) is 0 Å². The number of hydrogen-bond acceptors (Lipinski definition) is 15. The first kappa shape index (κ1) is 42.8. The van der Waals surface area contributed by atoms with Gasteiger partial charge in [0, 0.05) is 79.4 Å². The molecule has 0 saturated carbocycles. The van der Waals surface area contributed by atoms with Crippen molar-refractivity contribution in [3.63, 3.8) is 0 Å². The molecule has 5 N–H and O–H groups in total. The van der Waals surface area contributed by atoms with Crippen molar-refractivity contribution in [2.75, 3.05) is 67.1 Å². The molecule has 2 saturated heterocycles. The molecule has 0 spiro atoms. The molecule has 2 aliphatic heterocycles. The summed E-state index contributed by atoms with van der Waals surface area (Å²) in [6.07, 6.45) is 7.06. The number of piperidine rings is 2. The van der Waals surface area contributed by atoms with Gasteiger partial charge in [-0.1, -0.05) is 31.2 Å². The van der Waals surface area contributed by atoms with E-state index in [0.29, 0.717) is 59.6 Å². The van der Waals surface area contributed by atoms with Crippen molar-refractivity contribution in [1.29, 1.82) is 0 Å². The average molecular weight is 879 g/mol. The van der Waals surface area contributed by atoms with Crippen LogP contribution in [-0.4, -0.2) is 108 Å². The normalized spacial score (nSPS) is 14.8. The molecule has 1 amide bonds. The Kier molecular flexibility index (Phi) is 12.6. The Bertz CT molecular complexity index is 2840. The van der Waals surface area contributed by atoms with Gasteiger partial charge in [0.1, 0.15) is 0 Å². The van der Waals surface area contributed by atoms with E-state index in [-0.39, 0.29) is 18.1 Å². The van der Waals surface area contributed by atoms with Crippen LogP contribution in [0, 0.1) is 0 Å². The second kappa shape index (κ2) is 19.1. The van der Waals surface area contributed by atoms with Crippen LogP contribution in [0.1, 0.15) is 46.5 Å². The third kappa shape index (κ3) is 9.29. The van der Waals surface area contributed by atoms with Gasteiger partial charge in [-0.15, -0.1) is 10.2 Å². The molecular weight excluding hydrogens is 825 g/mol. The van der Waals surface area contributed by atoms with Crippen LogP contribution in [0.2, 0.25) is 0 Å². The zero-order valence-electron chi connectivity index (χ0n) is 36.9. The molecule has 10 rings (SSSR count). The number of amides is 1. The Morgan fingerprint density at radius 1 is 0.692 bits per heavy atom. The van der Waals surface area contributed by atoms with Gasteiger partial charge in [0.2, 0.25) is 23.5 Å². The first-order chi connectivity index (χ1) is 31.8. The Hall–Kier alpha value is -7.47. The van der Waals surface area contributed by atoms with Gasteiger partial charge >= 0.3 is 6.09 Å². The number of hydrogen-bond donors (Lipinski definition) is 3. The van der Waals surface area contributed by atoms with Gasteiger partial charge in [-0.05, 0) is 94.6 Å². The molecule has 0 radical (unpaired) electrons. The fourth-order valence-corrected chi connectivity index (χ4v) is 8.67. The van der Waals surface area contributed by atoms with Crippen LogP contribution in [0.15, 0.2) is 106 Å². The highest BCUT2D eigenvalue weighted by Crippen LogP contribution is 2.31. The quantitative estimate of drug-likeness (QED) is 0.116. The molecule has 6 aromatic heterocycles. The topological polar surface area (TPSA) is 213 Å². The number of rotatable bonds is 11. The van der Waals surface area contributed by atoms with Gasteiger partial charge in [-0.2, -0.15) is 9.03 Å². The number of anilines is 4. The van der Waals surface area contributed by atoms with Gasteiger partial charge in [0.25, 0.3) is 0 Å². The molecule has 8 aromatic rings. The van der Waals surface area contributed by atoms with Gasteiger partial charge in [-0.25, -0.2) is 24.7 Å². The fraction of sp³-hybridized carbons (Fsp3) is 0.340. The van der Waals surface area contributed by atoms with E-state index in [9.17, 15) is 4.79 Å². The molecule has 2 fully saturated rings. The maximum absolute atomic E-state index is 12.3. The molecule has 2 aliphatic rings. The number of benzene rings is 2. The molecule has 65 heavy (non-hydrogen) atoms. The van der Waals surface area contributed by atoms with Crippen molar-refractivity contribution < 1.29 is 18.4 Å². The van der Waals surface area contributed by atoms with Gasteiger partial charge in [-0.3, -0.25) is 0 Å². The van der Waals surface area contributed by atoms with E-state index >= 15 is 0 Å². The monoisotopic (exact) mass is 878 g/mol. The molecule has 0 atom stereocenters. The van der Waals surface area contributed by atoms with Crippen molar-refractivity contribution in [2.45, 2.75) is 58.5 Å². The minimum Gasteiger partial charge on any atom is -0.461 e. The Balaban J connectivity index is 0.000000166. The summed E-state index contributed by atoms with van der Waals surface area (Å²) in [4.78, 5) is 37.1. The Morgan fingerprint density at radius 2 is 1.20 bits per heavy atom. The molecule has 18 nitrogen and oxygen atoms in total. The van der Waals surface area contributed by atoms with Gasteiger partial charge in [0.15, 0.2) is 22.8 Å². The Morgan fingerprint density at radius 3 is 1.65 bits per heavy atom. The summed E-state index contributed by atoms with van der Waals surface area (Å²) in [5.41, 5.74) is 19.4. The summed E-state index contributed by atoms with van der Waals surface area (Å²) in [5.74, 6) is 2.67. The fourth-order valence-electron chi connectivity index (χ4n) is 8.67. The number of aromatic nitrogens is 8. The number of nitrogens with zero attached hydrogens (tertiary/aromatic N) is 11. The lowest BCUT2D eigenvalue weighted by atomic mass is 10.0. The molecule has 336 valence electrons. The van der Waals surface area contributed by atoms with Crippen molar-refractivity contribution in [1.82, 2.24) is 49.4 Å². The smallest absolute Gasteiger partial charge is 0.409 e. The van der Waals surface area contributed by atoms with Crippen molar-refractivity contribution in [3.05, 3.63) is 97.5 Å². The standard InChI is InChI=1S/C25H29N7O3.C22H25N7O/c1-3-31(25(33)34-4-2)18-10-12-30(13-11-18)19-8-5-7-17(15-19)20-16-22-28-23(21-9-6-14-35-21)29-32(22)24(26)27-20;1-2-24-16-8-10-28(11-9-16)17-6-3-5-15(13-17)18-14-20-26-21(19-7-4-12-30-19)27-29(20)22(23)25-18/h5-9,14-16,18H,3-4,10-13H2,1-2H3,(H2,26,27);3-7,12-14,16,24H,2,8-11H2,1H3,(H2,23,25). The predicted octanol–water partition coefficient (Wildman–Crippen LogP) is 7.29. The zero-order valence-corrected chi connectivity index (χ0v) is 36.9. The lowest BCUT2D eigenvalue weighted by Crippen LogP contribution is -2.47. The molecule has 0 unspecified atom stereocenters. The average Bonchev–Trinajstić information content (AvgIpc) is 4.18. The highest BCUT2D eigenvalue weighted by atomic mass is 16.6. The number of furan rings is 2. The molecule has 0 aliphatic carbocycles. The SMILES string of the molecule is CCNC1CCN(c2cccc(-c3cc4nc(-c5ccco5)nn4c(N)n3)c2)CC1.CCOC(=O)N(CC)C1CCN(c2cccc(-c3cc4nc(-c5ccco5)nn4c(N)n3)c2)CC1. The molecule has 8 heterocycles. The van der Waals surface area contributed by atoms with E-state index in [1.54, 1.807) is 30.7 Å². The number of nitrogens with two attached hydrogens (primary N) is 2. The van der Waals surface area contributed by atoms with Crippen LogP contribution in [0.25, 0.3) is 57.0 Å². The van der Waals surface area contributed by atoms with E-state index in [0.717, 1.165) is 86.6 Å². The molecule has 18 heteroatoms. The molecular formula is C47H54N14O4. The number of nitrogens with one attached hydrogen (secondary N) is 1. The number of carbonyl (C=O) groups excluding carboxylic acids is 1. The molecule has 2 aromatic carbocycles. The van der Waals surface area contributed by atoms with E-state index < -0.39 is 0 Å². The van der Waals surface area contributed by atoms with Crippen LogP contribution in [0.3, 0.4) is 0 Å². The van der Waals surface area contributed by atoms with Crippen LogP contribution in [-0.2, 0) is 4.74 Å². The maximum Gasteiger partial charge on any atom is 0.409 e. The third-order valence-electron chi connectivity index (χ3n) is 11.9. The van der Waals surface area contributed by atoms with E-state index in [2.05, 4.69) is 88.6 Å². The van der Waals surface area contributed by atoms with E-state index in [1.807, 2.05) is 49.1 Å². The predicted molar refractivity (Wildman–Crippen MR) is 250 cm³/mol. The van der Waals surface area contributed by atoms with Crippen LogP contribution in [0.4, 0.5) is 28.1 Å². The summed E-state index contributed by atoms with van der Waals surface area (Å²) in [7, 11) is 0. The maximum atomic E-state index is 12.3. The third-order valence-corrected chi connectivity index (χ3v) is 11.9. The number of ether oxygens (including phenoxy) is 1. The highest BCUT2D eigenvalue weighted by molar-refractivity contribution is 5.72. The summed E-state index contributed by atoms with van der Waals surface area (Å²) < 4.78 is 19.1. The highest BCUT2D eigenvalue weighted by Gasteiger charge is 2.28. The minimum absolute atomic E-state index is 0.193. The Labute approximate surface area is 376 Å². The molecule has 0 bridgehead atoms. The minimum atomic E-state index is -0.224. The summed E-state index contributed by atoms with van der Waals surface area (Å²) in [5, 5.41) is 12.4. The van der Waals surface area contributed by atoms with Crippen molar-refractivity contribution >= 4 is 40.7 Å². The van der Waals surface area contributed by atoms with E-state index in [1.165, 1.54) is 14.7 Å². The van der Waals surface area contributed by atoms with Crippen molar-refractivity contribution in [2.24, 2.45) is 0 Å². The lowest BCUT2D eigenvalue weighted by Gasteiger charge is -2.38. The van der Waals surface area contributed by atoms with Gasteiger partial charge in [0.05, 0.1) is 30.5 Å². The number of carbonyl (C=O) groups is 1. The summed E-state index contributed by atoms with van der Waals surface area (Å²) >= 11 is 0. The zero-order chi connectivity index (χ0) is 44.9.